The first kappa shape index (κ1) is 14.6. The molecule has 0 spiro atoms. The molecule has 112 valence electrons. The van der Waals surface area contributed by atoms with Crippen LogP contribution in [0, 0.1) is 0 Å². The maximum atomic E-state index is 12.3. The van der Waals surface area contributed by atoms with Gasteiger partial charge in [0.1, 0.15) is 12.3 Å². The highest BCUT2D eigenvalue weighted by molar-refractivity contribution is 6.31. The molecule has 4 nitrogen and oxygen atoms in total. The van der Waals surface area contributed by atoms with Crippen molar-refractivity contribution in [1.29, 1.82) is 0 Å². The number of carbonyl (C=O) groups is 1. The number of aromatic nitrogens is 1. The van der Waals surface area contributed by atoms with E-state index in [0.717, 1.165) is 16.5 Å². The fraction of sp³-hybridized carbons (Fsp3) is 0.118. The van der Waals surface area contributed by atoms with E-state index in [2.05, 4.69) is 4.98 Å². The number of ether oxygens (including phenoxy) is 1. The molecular formula is C17H14ClNO3. The minimum absolute atomic E-state index is 0.181. The van der Waals surface area contributed by atoms with Crippen molar-refractivity contribution < 1.29 is 14.6 Å². The number of halogens is 1. The number of aromatic amines is 1. The minimum atomic E-state index is -0.500. The molecule has 0 aliphatic heterocycles. The van der Waals surface area contributed by atoms with Gasteiger partial charge in [-0.15, -0.1) is 0 Å². The summed E-state index contributed by atoms with van der Waals surface area (Å²) in [5.41, 5.74) is 2.40. The zero-order chi connectivity index (χ0) is 15.5. The van der Waals surface area contributed by atoms with Crippen molar-refractivity contribution in [3.8, 4) is 0 Å². The Kier molecular flexibility index (Phi) is 4.13. The fourth-order valence-corrected chi connectivity index (χ4v) is 2.53. The summed E-state index contributed by atoms with van der Waals surface area (Å²) in [4.78, 5) is 15.2. The number of carbonyl (C=O) groups excluding carboxylic acids is 1. The van der Waals surface area contributed by atoms with Crippen LogP contribution in [0.5, 0.6) is 0 Å². The molecule has 0 aliphatic rings. The first-order valence-electron chi connectivity index (χ1n) is 6.81. The van der Waals surface area contributed by atoms with Crippen LogP contribution in [0.25, 0.3) is 10.9 Å². The van der Waals surface area contributed by atoms with Gasteiger partial charge < -0.3 is 14.8 Å². The third kappa shape index (κ3) is 2.84. The highest BCUT2D eigenvalue weighted by atomic mass is 35.5. The van der Waals surface area contributed by atoms with Gasteiger partial charge in [-0.25, -0.2) is 4.79 Å². The highest BCUT2D eigenvalue weighted by Crippen LogP contribution is 2.26. The first-order chi connectivity index (χ1) is 10.7. The summed E-state index contributed by atoms with van der Waals surface area (Å²) in [6.45, 7) is -0.0865. The van der Waals surface area contributed by atoms with Crippen LogP contribution < -0.4 is 0 Å². The Hall–Kier alpha value is -2.30. The number of aliphatic hydroxyl groups excluding tert-OH is 1. The number of benzene rings is 2. The molecule has 22 heavy (non-hydrogen) atoms. The van der Waals surface area contributed by atoms with Crippen LogP contribution in [0.1, 0.15) is 21.6 Å². The van der Waals surface area contributed by atoms with Crippen molar-refractivity contribution in [2.45, 2.75) is 13.2 Å². The number of rotatable bonds is 4. The maximum absolute atomic E-state index is 12.3. The molecule has 1 aromatic heterocycles. The van der Waals surface area contributed by atoms with Crippen LogP contribution in [0.3, 0.4) is 0 Å². The van der Waals surface area contributed by atoms with E-state index in [1.807, 2.05) is 30.3 Å². The number of H-pyrrole nitrogens is 1. The predicted octanol–water partition coefficient (Wildman–Crippen LogP) is 3.67. The lowest BCUT2D eigenvalue weighted by molar-refractivity contribution is 0.0463. The van der Waals surface area contributed by atoms with E-state index in [9.17, 15) is 9.90 Å². The van der Waals surface area contributed by atoms with Crippen LogP contribution in [-0.4, -0.2) is 16.1 Å². The summed E-state index contributed by atoms with van der Waals surface area (Å²) in [6.07, 6.45) is 0. The molecule has 2 N–H and O–H groups in total. The Morgan fingerprint density at radius 3 is 2.68 bits per heavy atom. The number of hydrogen-bond acceptors (Lipinski definition) is 3. The average molecular weight is 316 g/mol. The third-order valence-electron chi connectivity index (χ3n) is 3.44. The molecule has 0 unspecified atom stereocenters. The Morgan fingerprint density at radius 2 is 1.95 bits per heavy atom. The SMILES string of the molecule is O=C(OCc1ccccc1)c1[nH]c2ccc(Cl)cc2c1CO. The van der Waals surface area contributed by atoms with Gasteiger partial charge in [-0.05, 0) is 23.8 Å². The summed E-state index contributed by atoms with van der Waals surface area (Å²) in [5.74, 6) is -0.500. The molecule has 5 heteroatoms. The number of hydrogen-bond donors (Lipinski definition) is 2. The molecular weight excluding hydrogens is 302 g/mol. The lowest BCUT2D eigenvalue weighted by atomic mass is 10.1. The fourth-order valence-electron chi connectivity index (χ4n) is 2.35. The Balaban J connectivity index is 1.87. The molecule has 0 saturated carbocycles. The van der Waals surface area contributed by atoms with Gasteiger partial charge in [0.2, 0.25) is 0 Å². The molecule has 3 rings (SSSR count). The van der Waals surface area contributed by atoms with Gasteiger partial charge in [0, 0.05) is 21.5 Å². The third-order valence-corrected chi connectivity index (χ3v) is 3.68. The van der Waals surface area contributed by atoms with Crippen LogP contribution >= 0.6 is 11.6 Å². The zero-order valence-electron chi connectivity index (χ0n) is 11.7. The lowest BCUT2D eigenvalue weighted by Gasteiger charge is -2.05. The van der Waals surface area contributed by atoms with Crippen LogP contribution in [0.15, 0.2) is 48.5 Å². The van der Waals surface area contributed by atoms with E-state index in [1.165, 1.54) is 0 Å². The Bertz CT molecular complexity index is 811. The second kappa shape index (κ2) is 6.22. The smallest absolute Gasteiger partial charge is 0.355 e. The number of fused-ring (bicyclic) bond motifs is 1. The molecule has 0 radical (unpaired) electrons. The standard InChI is InChI=1S/C17H14ClNO3/c18-12-6-7-15-13(8-12)14(9-20)16(19-15)17(21)22-10-11-4-2-1-3-5-11/h1-8,19-20H,9-10H2. The van der Waals surface area contributed by atoms with E-state index >= 15 is 0 Å². The van der Waals surface area contributed by atoms with Crippen LogP contribution in [0.2, 0.25) is 5.02 Å². The monoisotopic (exact) mass is 315 g/mol. The second-order valence-electron chi connectivity index (χ2n) is 4.89. The predicted molar refractivity (Wildman–Crippen MR) is 84.8 cm³/mol. The zero-order valence-corrected chi connectivity index (χ0v) is 12.4. The van der Waals surface area contributed by atoms with Crippen LogP contribution in [-0.2, 0) is 18.0 Å². The maximum Gasteiger partial charge on any atom is 0.355 e. The van der Waals surface area contributed by atoms with Crippen molar-refractivity contribution in [1.82, 2.24) is 4.98 Å². The summed E-state index contributed by atoms with van der Waals surface area (Å²) < 4.78 is 5.30. The van der Waals surface area contributed by atoms with Crippen molar-refractivity contribution in [2.24, 2.45) is 0 Å². The quantitative estimate of drug-likeness (QED) is 0.722. The van der Waals surface area contributed by atoms with Crippen LogP contribution in [0.4, 0.5) is 0 Å². The van der Waals surface area contributed by atoms with Gasteiger partial charge >= 0.3 is 5.97 Å². The molecule has 0 aliphatic carbocycles. The Morgan fingerprint density at radius 1 is 1.18 bits per heavy atom. The summed E-state index contributed by atoms with van der Waals surface area (Å²) in [7, 11) is 0. The lowest BCUT2D eigenvalue weighted by Crippen LogP contribution is -2.08. The average Bonchev–Trinajstić information content (AvgIpc) is 2.91. The summed E-state index contributed by atoms with van der Waals surface area (Å²) in [5, 5.41) is 10.8. The van der Waals surface area contributed by atoms with Gasteiger partial charge in [-0.1, -0.05) is 41.9 Å². The molecule has 0 fully saturated rings. The van der Waals surface area contributed by atoms with Gasteiger partial charge in [-0.3, -0.25) is 0 Å². The van der Waals surface area contributed by atoms with E-state index in [0.29, 0.717) is 10.6 Å². The summed E-state index contributed by atoms with van der Waals surface area (Å²) in [6, 6.07) is 14.6. The molecule has 1 heterocycles. The molecule has 3 aromatic rings. The van der Waals surface area contributed by atoms with E-state index in [1.54, 1.807) is 18.2 Å². The summed E-state index contributed by atoms with van der Waals surface area (Å²) >= 11 is 5.97. The van der Waals surface area contributed by atoms with Gasteiger partial charge in [0.25, 0.3) is 0 Å². The Labute approximate surface area is 132 Å². The van der Waals surface area contributed by atoms with Gasteiger partial charge in [0.15, 0.2) is 0 Å². The van der Waals surface area contributed by atoms with Crippen molar-refractivity contribution >= 4 is 28.5 Å². The minimum Gasteiger partial charge on any atom is -0.456 e. The molecule has 0 saturated heterocycles. The van der Waals surface area contributed by atoms with Crippen molar-refractivity contribution in [3.63, 3.8) is 0 Å². The van der Waals surface area contributed by atoms with Gasteiger partial charge in [-0.2, -0.15) is 0 Å². The van der Waals surface area contributed by atoms with E-state index < -0.39 is 5.97 Å². The number of esters is 1. The molecule has 0 amide bonds. The normalized spacial score (nSPS) is 10.8. The largest absolute Gasteiger partial charge is 0.456 e. The number of aliphatic hydroxyl groups is 1. The van der Waals surface area contributed by atoms with E-state index in [-0.39, 0.29) is 18.9 Å². The highest BCUT2D eigenvalue weighted by Gasteiger charge is 2.18. The van der Waals surface area contributed by atoms with Crippen molar-refractivity contribution in [3.05, 3.63) is 70.4 Å². The second-order valence-corrected chi connectivity index (χ2v) is 5.32. The molecule has 0 bridgehead atoms. The van der Waals surface area contributed by atoms with Crippen molar-refractivity contribution in [2.75, 3.05) is 0 Å². The van der Waals surface area contributed by atoms with Gasteiger partial charge in [0.05, 0.1) is 6.61 Å². The van der Waals surface area contributed by atoms with E-state index in [4.69, 9.17) is 16.3 Å². The first-order valence-corrected chi connectivity index (χ1v) is 7.19. The molecule has 2 aromatic carbocycles. The molecule has 0 atom stereocenters. The number of nitrogens with one attached hydrogen (secondary N) is 1. The topological polar surface area (TPSA) is 62.3 Å².